The van der Waals surface area contributed by atoms with Gasteiger partial charge in [0.25, 0.3) is 0 Å². The quantitative estimate of drug-likeness (QED) is 0.0407. The van der Waals surface area contributed by atoms with Crippen molar-refractivity contribution in [2.75, 3.05) is 39.6 Å². The molecule has 150 heavy (non-hydrogen) atoms. The molecule has 906 valence electrons. The van der Waals surface area contributed by atoms with Gasteiger partial charge in [0.2, 0.25) is 0 Å². The van der Waals surface area contributed by atoms with Crippen molar-refractivity contribution in [2.45, 2.75) is 250 Å². The van der Waals surface area contributed by atoms with Crippen LogP contribution in [0.5, 0.6) is 0 Å². The molecular weight excluding hydrogens is 2520 g/mol. The van der Waals surface area contributed by atoms with Crippen LogP contribution in [0.3, 0.4) is 0 Å². The van der Waals surface area contributed by atoms with Gasteiger partial charge in [0.05, 0.1) is 0 Å². The summed E-state index contributed by atoms with van der Waals surface area (Å²) >= 11 is 0. The van der Waals surface area contributed by atoms with E-state index in [1.54, 1.807) is 0 Å². The Balaban J connectivity index is 6.62. The second kappa shape index (κ2) is 37.4. The van der Waals surface area contributed by atoms with Crippen molar-refractivity contribution in [3.8, 4) is 0 Å². The van der Waals surface area contributed by atoms with Crippen molar-refractivity contribution in [3.05, 3.63) is 0 Å². The molecule has 0 spiro atoms. The van der Waals surface area contributed by atoms with Crippen LogP contribution in [0.15, 0.2) is 0 Å². The zero-order valence-corrected chi connectivity index (χ0v) is 67.7. The summed E-state index contributed by atoms with van der Waals surface area (Å²) in [6.45, 7) is -41.5. The van der Waals surface area contributed by atoms with Crippen LogP contribution < -0.4 is 14.6 Å². The standard InChI is InChI=1S/C48H18F90N3O6P3/c49-7(50,13(61,62)19(73,74)25(85,86)31(97,98)37(109,110)43(121,122)123)1-142-148(143-2-8(51,52)14(63,64)20(75,76)26(87,88)32(99,100)38(111,112)44(124,125)126)139-149(144-3-9(53,54)15(65,66)21(77,78)27(89,90)33(101,102)39(113,114)45(127,128)129,145-4-10(55,56)16(67,68)22(79,80)28(91,92)34(103,104)40(115,116)46(130,131)132)141-150(140-148,146-5-11(57,58)17(69,70)23(81,82)29(93,94)35(105,106)41(117,118)47(133,134)135)147-6-12(59,60)18(71,72)24(83,84)30(95,96)36(107,108)42(119,120)48(136,137)138/h139-141,148-150H,1-6H2. The van der Waals surface area contributed by atoms with Crippen LogP contribution in [0.25, 0.3) is 0 Å². The van der Waals surface area contributed by atoms with Gasteiger partial charge in [-0.05, 0) is 0 Å². The van der Waals surface area contributed by atoms with Crippen molar-refractivity contribution in [3.63, 3.8) is 0 Å². The average molecular weight is 2540 g/mol. The fraction of sp³-hybridized carbons (Fsp3) is 1.00. The summed E-state index contributed by atoms with van der Waals surface area (Å²) in [6.07, 6.45) is -55.1. The summed E-state index contributed by atoms with van der Waals surface area (Å²) in [5.41, 5.74) is 0. The van der Waals surface area contributed by atoms with Gasteiger partial charge in [-0.3, -0.25) is 0 Å². The first-order valence-electron chi connectivity index (χ1n) is 32.6. The molecule has 0 aromatic heterocycles. The molecule has 0 bridgehead atoms. The van der Waals surface area contributed by atoms with Gasteiger partial charge in [0, 0.05) is 0 Å². The Morgan fingerprint density at radius 2 is 0.153 bits per heavy atom. The van der Waals surface area contributed by atoms with E-state index in [-0.39, 0.29) is 0 Å². The topological polar surface area (TPSA) is 91.5 Å². The fourth-order valence-electron chi connectivity index (χ4n) is 8.99. The van der Waals surface area contributed by atoms with Crippen LogP contribution in [-0.4, -0.2) is 290 Å². The average Bonchev–Trinajstić information content (AvgIpc) is 0.703. The van der Waals surface area contributed by atoms with Crippen LogP contribution in [0.2, 0.25) is 0 Å². The Morgan fingerprint density at radius 3 is 0.220 bits per heavy atom. The third kappa shape index (κ3) is 20.0. The molecule has 0 aromatic rings. The molecule has 1 heterocycles. The molecule has 102 heteroatoms. The van der Waals surface area contributed by atoms with E-state index in [1.807, 2.05) is 0 Å². The van der Waals surface area contributed by atoms with Crippen LogP contribution in [0.4, 0.5) is 395 Å². The number of halogens is 90. The second-order valence-corrected chi connectivity index (χ2v) is 36.8. The molecule has 0 aliphatic carbocycles. The maximum atomic E-state index is 16.0. The van der Waals surface area contributed by atoms with E-state index < -0.39 is 329 Å². The van der Waals surface area contributed by atoms with Crippen LogP contribution in [0.1, 0.15) is 0 Å². The van der Waals surface area contributed by atoms with E-state index in [1.165, 1.54) is 0 Å². The molecule has 1 aliphatic heterocycles. The Hall–Kier alpha value is -5.37. The second-order valence-electron chi connectivity index (χ2n) is 28.4. The molecular formula is C48H18F90N3O6P3. The Labute approximate surface area is 751 Å². The molecule has 1 saturated heterocycles. The summed E-state index contributed by atoms with van der Waals surface area (Å²) in [4.78, 5) is -5.74. The van der Waals surface area contributed by atoms with E-state index in [4.69, 9.17) is 0 Å². The van der Waals surface area contributed by atoms with Gasteiger partial charge in [-0.15, -0.1) is 0 Å². The van der Waals surface area contributed by atoms with Crippen molar-refractivity contribution in [2.24, 2.45) is 0 Å². The van der Waals surface area contributed by atoms with Crippen molar-refractivity contribution in [1.29, 1.82) is 0 Å². The van der Waals surface area contributed by atoms with Gasteiger partial charge < -0.3 is 0 Å². The molecule has 0 saturated carbocycles. The summed E-state index contributed by atoms with van der Waals surface area (Å²) in [7, 11) is -36.1. The van der Waals surface area contributed by atoms with E-state index in [0.717, 1.165) is 0 Å². The van der Waals surface area contributed by atoms with E-state index in [0.29, 0.717) is 0 Å². The number of hydrogen-bond acceptors (Lipinski definition) is 9. The molecule has 0 radical (unpaired) electrons. The fourth-order valence-corrected chi connectivity index (χ4v) is 22.7. The summed E-state index contributed by atoms with van der Waals surface area (Å²) in [5, 5.41) is 0. The zero-order valence-electron chi connectivity index (χ0n) is 64.7. The minimum absolute atomic E-state index is 1.91. The molecule has 1 fully saturated rings. The third-order valence-electron chi connectivity index (χ3n) is 18.1. The van der Waals surface area contributed by atoms with Gasteiger partial charge in [-0.2, -0.15) is 0 Å². The van der Waals surface area contributed by atoms with Crippen LogP contribution in [-0.2, 0) is 27.1 Å². The normalized spacial score (nSPS) is 19.2. The first-order chi connectivity index (χ1) is 63.4. The molecule has 0 aromatic carbocycles. The van der Waals surface area contributed by atoms with Crippen molar-refractivity contribution in [1.82, 2.24) is 14.6 Å². The number of hydrogen-bond donors (Lipinski definition) is 3. The van der Waals surface area contributed by atoms with Crippen molar-refractivity contribution >= 4 is 24.1 Å². The Morgan fingerprint density at radius 1 is 0.0933 bits per heavy atom. The first kappa shape index (κ1) is 143. The summed E-state index contributed by atoms with van der Waals surface area (Å²) in [6, 6.07) is 0. The van der Waals surface area contributed by atoms with E-state index in [2.05, 4.69) is 27.1 Å². The SMILES string of the molecule is FC(F)(F)C(F)(F)C(F)(F)C(F)(F)C(F)(F)C(F)(F)C(F)(F)CO[PH]1(OCC(F)(F)C(F)(F)C(F)(F)C(F)(F)C(F)(F)C(F)(F)C(F)(F)F)N[PH](OCC(F)(F)C(F)(F)C(F)(F)C(F)(F)C(F)(F)C(F)(F)C(F)(F)F)(OCC(F)(F)C(F)(F)C(F)(F)C(F)(F)C(F)(F)C(F)(F)C(F)(F)F)N[PH](OCC(F)(F)C(F)(F)C(F)(F)C(F)(F)C(F)(F)C(F)(F)C(F)(F)F)(OCC(F)(F)C(F)(F)C(F)(F)C(F)(F)C(F)(F)C(F)(F)C(F)(F)F)N1. The summed E-state index contributed by atoms with van der Waals surface area (Å²) < 4.78 is 1320. The molecule has 0 atom stereocenters. The van der Waals surface area contributed by atoms with Gasteiger partial charge in [0.15, 0.2) is 0 Å². The minimum atomic E-state index is -12.0. The summed E-state index contributed by atoms with van der Waals surface area (Å²) in [5.74, 6) is -372. The molecule has 9 nitrogen and oxygen atoms in total. The van der Waals surface area contributed by atoms with Crippen LogP contribution in [0, 0.1) is 0 Å². The molecule has 3 N–H and O–H groups in total. The number of alkyl halides is 90. The van der Waals surface area contributed by atoms with Gasteiger partial charge >= 0.3 is 751 Å². The monoisotopic (exact) mass is 2530 g/mol. The molecule has 1 aliphatic rings. The molecule has 0 amide bonds. The van der Waals surface area contributed by atoms with E-state index >= 15 is 158 Å². The number of nitrogens with one attached hydrogen (secondary N) is 3. The van der Waals surface area contributed by atoms with Crippen LogP contribution >= 0.6 is 24.1 Å². The van der Waals surface area contributed by atoms with Gasteiger partial charge in [0.1, 0.15) is 0 Å². The predicted molar refractivity (Wildman–Crippen MR) is 284 cm³/mol. The van der Waals surface area contributed by atoms with Gasteiger partial charge in [-0.1, -0.05) is 0 Å². The van der Waals surface area contributed by atoms with Crippen molar-refractivity contribution < 1.29 is 422 Å². The number of rotatable bonds is 48. The Kier molecular flexibility index (Phi) is 35.5. The molecule has 1 rings (SSSR count). The first-order valence-corrected chi connectivity index (χ1v) is 38.0. The third-order valence-corrected chi connectivity index (χ3v) is 29.3. The molecule has 0 unspecified atom stereocenters. The maximum absolute atomic E-state index is 16.0. The Bertz CT molecular complexity index is 3910. The predicted octanol–water partition coefficient (Wildman–Crippen LogP) is 29.3. The van der Waals surface area contributed by atoms with Gasteiger partial charge in [-0.25, -0.2) is 0 Å². The van der Waals surface area contributed by atoms with E-state index in [9.17, 15) is 237 Å². The zero-order chi connectivity index (χ0) is 123.